The van der Waals surface area contributed by atoms with Crippen LogP contribution in [0.1, 0.15) is 81.6 Å². The Balaban J connectivity index is 2.18. The molecule has 2 aliphatic heterocycles. The van der Waals surface area contributed by atoms with E-state index in [0.717, 1.165) is 11.5 Å². The van der Waals surface area contributed by atoms with Crippen molar-refractivity contribution in [2.24, 2.45) is 11.8 Å². The number of ether oxygens (including phenoxy) is 6. The topological polar surface area (TPSA) is 162 Å². The summed E-state index contributed by atoms with van der Waals surface area (Å²) < 4.78 is 53.6. The van der Waals surface area contributed by atoms with Crippen molar-refractivity contribution in [2.45, 2.75) is 135 Å². The van der Waals surface area contributed by atoms with Crippen LogP contribution in [-0.4, -0.2) is 119 Å². The SMILES string of the molecule is CC[C@H]1OC(=O)[C@](C)(F)C(=O)[C@H](C)[C@@H](O[C@H]2O[C@H](C)C[C@H](N(C)C)[C@H]2OC(C)=O)[C@@](C)(OC)C[C@@H](C)C(=O)/C(C)=C\[C@]1(C)OC(=O)n1ccnc1. The highest BCUT2D eigenvalue weighted by atomic mass is 19.1. The van der Waals surface area contributed by atoms with Gasteiger partial charge in [0, 0.05) is 38.3 Å². The van der Waals surface area contributed by atoms with Crippen LogP contribution in [-0.2, 0) is 47.6 Å². The van der Waals surface area contributed by atoms with Gasteiger partial charge < -0.3 is 33.3 Å². The summed E-state index contributed by atoms with van der Waals surface area (Å²) in [6, 6.07) is -0.348. The molecule has 15 heteroatoms. The van der Waals surface area contributed by atoms with Gasteiger partial charge in [0.05, 0.1) is 23.9 Å². The first-order valence-electron chi connectivity index (χ1n) is 17.2. The monoisotopic (exact) mass is 723 g/mol. The lowest BCUT2D eigenvalue weighted by Crippen LogP contribution is -2.61. The predicted molar refractivity (Wildman–Crippen MR) is 181 cm³/mol. The number of nitrogens with zero attached hydrogens (tertiary/aromatic N) is 3. The number of carbonyl (C=O) groups is 5. The first-order valence-corrected chi connectivity index (χ1v) is 17.2. The third-order valence-electron chi connectivity index (χ3n) is 9.95. The lowest BCUT2D eigenvalue weighted by atomic mass is 9.76. The fraction of sp³-hybridized carbons (Fsp3) is 0.722. The first-order chi connectivity index (χ1) is 23.6. The quantitative estimate of drug-likeness (QED) is 0.224. The van der Waals surface area contributed by atoms with Gasteiger partial charge in [0.25, 0.3) is 5.67 Å². The number of halogens is 1. The molecule has 3 heterocycles. The average molecular weight is 724 g/mol. The molecule has 1 fully saturated rings. The molecule has 0 N–H and O–H groups in total. The number of alkyl halides is 1. The summed E-state index contributed by atoms with van der Waals surface area (Å²) in [5.41, 5.74) is -6.30. The minimum Gasteiger partial charge on any atom is -0.455 e. The van der Waals surface area contributed by atoms with E-state index in [4.69, 9.17) is 28.4 Å². The average Bonchev–Trinajstić information content (AvgIpc) is 3.60. The number of likely N-dealkylation sites (N-methyl/N-ethyl adjacent to an activating group) is 1. The van der Waals surface area contributed by atoms with Crippen molar-refractivity contribution in [1.29, 1.82) is 0 Å². The van der Waals surface area contributed by atoms with Crippen LogP contribution in [0.15, 0.2) is 30.4 Å². The standard InChI is InChI=1S/C36H54FN3O11/c1-13-26-34(7,51-33(45)40-15-14-38-19-40)17-20(2)27(42)21(3)18-35(8,46-12)30(23(5)29(43)36(9,37)32(44)49-26)50-31-28(48-24(6)41)25(39(10)11)16-22(4)47-31/h14-15,17,19,21-23,25-26,28,30-31H,13,16,18H2,1-12H3/b20-17-/t21-,22-,23+,25+,26-,28-,30-,31-,34+,35+,36-/m1/s1. The summed E-state index contributed by atoms with van der Waals surface area (Å²) in [6.07, 6.45) is -0.343. The van der Waals surface area contributed by atoms with Crippen LogP contribution >= 0.6 is 0 Å². The second-order valence-corrected chi connectivity index (χ2v) is 14.5. The molecule has 286 valence electrons. The van der Waals surface area contributed by atoms with Crippen molar-refractivity contribution in [2.75, 3.05) is 21.2 Å². The zero-order valence-corrected chi connectivity index (χ0v) is 31.8. The van der Waals surface area contributed by atoms with Crippen molar-refractivity contribution in [3.63, 3.8) is 0 Å². The molecule has 11 atom stereocenters. The first kappa shape index (κ1) is 41.9. The molecule has 3 rings (SSSR count). The molecule has 1 saturated heterocycles. The second-order valence-electron chi connectivity index (χ2n) is 14.5. The van der Waals surface area contributed by atoms with Crippen molar-refractivity contribution >= 4 is 29.6 Å². The maximum Gasteiger partial charge on any atom is 0.420 e. The van der Waals surface area contributed by atoms with Crippen LogP contribution in [0.5, 0.6) is 0 Å². The molecule has 14 nitrogen and oxygen atoms in total. The van der Waals surface area contributed by atoms with E-state index in [1.807, 2.05) is 25.9 Å². The van der Waals surface area contributed by atoms with Crippen molar-refractivity contribution in [1.82, 2.24) is 14.5 Å². The van der Waals surface area contributed by atoms with E-state index in [9.17, 15) is 24.0 Å². The molecule has 0 aromatic carbocycles. The molecular formula is C36H54FN3O11. The van der Waals surface area contributed by atoms with E-state index in [0.29, 0.717) is 6.42 Å². The molecule has 1 aromatic rings. The Bertz CT molecular complexity index is 1460. The molecule has 51 heavy (non-hydrogen) atoms. The highest BCUT2D eigenvalue weighted by Crippen LogP contribution is 2.39. The summed E-state index contributed by atoms with van der Waals surface area (Å²) in [5.74, 6) is -5.83. The van der Waals surface area contributed by atoms with Crippen LogP contribution in [0, 0.1) is 11.8 Å². The van der Waals surface area contributed by atoms with E-state index < -0.39 is 77.1 Å². The molecule has 0 saturated carbocycles. The Morgan fingerprint density at radius 3 is 2.31 bits per heavy atom. The molecule has 2 aliphatic rings. The van der Waals surface area contributed by atoms with E-state index >= 15 is 4.39 Å². The molecule has 1 aromatic heterocycles. The second kappa shape index (κ2) is 16.4. The minimum absolute atomic E-state index is 0.0159. The van der Waals surface area contributed by atoms with Crippen molar-refractivity contribution in [3.8, 4) is 0 Å². The third-order valence-corrected chi connectivity index (χ3v) is 9.95. The molecule has 0 bridgehead atoms. The molecule has 0 spiro atoms. The van der Waals surface area contributed by atoms with E-state index in [1.54, 1.807) is 20.8 Å². The number of hydrogen-bond acceptors (Lipinski definition) is 13. The summed E-state index contributed by atoms with van der Waals surface area (Å²) in [7, 11) is 5.01. The molecule has 0 radical (unpaired) electrons. The number of ketones is 2. The van der Waals surface area contributed by atoms with Gasteiger partial charge in [-0.25, -0.2) is 23.5 Å². The largest absolute Gasteiger partial charge is 0.455 e. The van der Waals surface area contributed by atoms with Crippen LogP contribution in [0.3, 0.4) is 0 Å². The third kappa shape index (κ3) is 9.29. The smallest absolute Gasteiger partial charge is 0.420 e. The Morgan fingerprint density at radius 1 is 1.14 bits per heavy atom. The molecule has 0 aliphatic carbocycles. The normalized spacial score (nSPS) is 38.3. The number of aromatic nitrogens is 2. The number of esters is 2. The fourth-order valence-corrected chi connectivity index (χ4v) is 7.11. The summed E-state index contributed by atoms with van der Waals surface area (Å²) in [5, 5.41) is 0. The van der Waals surface area contributed by atoms with E-state index in [-0.39, 0.29) is 36.3 Å². The molecule has 0 amide bonds. The maximum absolute atomic E-state index is 16.7. The van der Waals surface area contributed by atoms with Gasteiger partial charge in [-0.2, -0.15) is 0 Å². The Morgan fingerprint density at radius 2 is 1.78 bits per heavy atom. The van der Waals surface area contributed by atoms with Gasteiger partial charge in [-0.1, -0.05) is 20.8 Å². The van der Waals surface area contributed by atoms with Gasteiger partial charge >= 0.3 is 18.0 Å². The van der Waals surface area contributed by atoms with E-state index in [1.165, 1.54) is 59.6 Å². The zero-order chi connectivity index (χ0) is 38.6. The highest BCUT2D eigenvalue weighted by molar-refractivity contribution is 6.08. The van der Waals surface area contributed by atoms with Gasteiger partial charge in [0.2, 0.25) is 0 Å². The Kier molecular flexibility index (Phi) is 13.5. The summed E-state index contributed by atoms with van der Waals surface area (Å²) >= 11 is 0. The number of allylic oxidation sites excluding steroid dienone is 1. The van der Waals surface area contributed by atoms with Gasteiger partial charge in [-0.3, -0.25) is 14.4 Å². The maximum atomic E-state index is 16.7. The van der Waals surface area contributed by atoms with Gasteiger partial charge in [0.15, 0.2) is 29.6 Å². The van der Waals surface area contributed by atoms with E-state index in [2.05, 4.69) is 4.98 Å². The lowest BCUT2D eigenvalue weighted by Gasteiger charge is -2.47. The molecule has 0 unspecified atom stereocenters. The Hall–Kier alpha value is -3.53. The minimum atomic E-state index is -3.22. The van der Waals surface area contributed by atoms with Crippen LogP contribution in [0.2, 0.25) is 0 Å². The Labute approximate surface area is 299 Å². The number of hydrogen-bond donors (Lipinski definition) is 0. The van der Waals surface area contributed by atoms with Crippen LogP contribution < -0.4 is 0 Å². The van der Waals surface area contributed by atoms with Gasteiger partial charge in [-0.15, -0.1) is 0 Å². The summed E-state index contributed by atoms with van der Waals surface area (Å²) in [4.78, 5) is 72.9. The summed E-state index contributed by atoms with van der Waals surface area (Å²) in [6.45, 7) is 13.2. The number of rotatable bonds is 7. The number of Topliss-reactive ketones (excluding diaryl/α,β-unsaturated/α-hetero) is 2. The predicted octanol–water partition coefficient (Wildman–Crippen LogP) is 4.22. The van der Waals surface area contributed by atoms with Crippen molar-refractivity contribution in [3.05, 3.63) is 30.4 Å². The van der Waals surface area contributed by atoms with Crippen LogP contribution in [0.4, 0.5) is 9.18 Å². The lowest BCUT2D eigenvalue weighted by molar-refractivity contribution is -0.298. The van der Waals surface area contributed by atoms with Gasteiger partial charge in [-0.05, 0) is 79.6 Å². The highest BCUT2D eigenvalue weighted by Gasteiger charge is 2.55. The zero-order valence-electron chi connectivity index (χ0n) is 31.8. The number of carbonyl (C=O) groups excluding carboxylic acids is 5. The van der Waals surface area contributed by atoms with Crippen LogP contribution in [0.25, 0.3) is 0 Å². The number of cyclic esters (lactones) is 1. The fourth-order valence-electron chi connectivity index (χ4n) is 7.11. The number of methoxy groups -OCH3 is 1. The van der Waals surface area contributed by atoms with Crippen molar-refractivity contribution < 1.29 is 56.8 Å². The van der Waals surface area contributed by atoms with Gasteiger partial charge in [0.1, 0.15) is 12.4 Å². The molecular weight excluding hydrogens is 669 g/mol. The number of imidazole rings is 1.